The first-order chi connectivity index (χ1) is 11.5. The Balaban J connectivity index is 2.06. The molecule has 2 rings (SSSR count). The largest absolute Gasteiger partial charge is 0.495 e. The predicted octanol–water partition coefficient (Wildman–Crippen LogP) is 4.29. The van der Waals surface area contributed by atoms with Crippen LogP contribution < -0.4 is 20.1 Å². The van der Waals surface area contributed by atoms with E-state index in [1.54, 1.807) is 24.3 Å². The Morgan fingerprint density at radius 1 is 1.17 bits per heavy atom. The number of methoxy groups -OCH3 is 2. The SMILES string of the molecule is COc1cc(NC(=O)N/C=C/c2ccccc2F)c(OC)cc1Cl. The molecule has 0 fully saturated rings. The Hall–Kier alpha value is -2.73. The number of carbonyl (C=O) groups excluding carboxylic acids is 1. The number of hydrogen-bond acceptors (Lipinski definition) is 3. The highest BCUT2D eigenvalue weighted by Gasteiger charge is 2.11. The number of ether oxygens (including phenoxy) is 2. The molecule has 24 heavy (non-hydrogen) atoms. The third-order valence-electron chi connectivity index (χ3n) is 3.10. The fourth-order valence-corrected chi connectivity index (χ4v) is 2.16. The van der Waals surface area contributed by atoms with E-state index >= 15 is 0 Å². The highest BCUT2D eigenvalue weighted by molar-refractivity contribution is 6.32. The Bertz CT molecular complexity index is 765. The van der Waals surface area contributed by atoms with Crippen LogP contribution in [0.2, 0.25) is 5.02 Å². The van der Waals surface area contributed by atoms with Crippen LogP contribution in [0, 0.1) is 5.82 Å². The second kappa shape index (κ2) is 8.21. The summed E-state index contributed by atoms with van der Waals surface area (Å²) in [6, 6.07) is 8.78. The van der Waals surface area contributed by atoms with Crippen molar-refractivity contribution < 1.29 is 18.7 Å². The summed E-state index contributed by atoms with van der Waals surface area (Å²) in [4.78, 5) is 11.9. The molecule has 0 aliphatic heterocycles. The van der Waals surface area contributed by atoms with Crippen molar-refractivity contribution in [2.75, 3.05) is 19.5 Å². The summed E-state index contributed by atoms with van der Waals surface area (Å²) >= 11 is 6.00. The zero-order valence-corrected chi connectivity index (χ0v) is 13.9. The topological polar surface area (TPSA) is 59.6 Å². The zero-order valence-electron chi connectivity index (χ0n) is 13.1. The van der Waals surface area contributed by atoms with Gasteiger partial charge in [-0.05, 0) is 12.1 Å². The average molecular weight is 351 g/mol. The summed E-state index contributed by atoms with van der Waals surface area (Å²) in [6.45, 7) is 0. The second-order valence-electron chi connectivity index (χ2n) is 4.64. The summed E-state index contributed by atoms with van der Waals surface area (Å²) < 4.78 is 23.7. The molecule has 5 nitrogen and oxygen atoms in total. The maximum atomic E-state index is 13.5. The second-order valence-corrected chi connectivity index (χ2v) is 5.05. The lowest BCUT2D eigenvalue weighted by atomic mass is 10.2. The molecule has 2 amide bonds. The van der Waals surface area contributed by atoms with Crippen LogP contribution in [0.25, 0.3) is 6.08 Å². The van der Waals surface area contributed by atoms with Crippen molar-refractivity contribution in [2.45, 2.75) is 0 Å². The standard InChI is InChI=1S/C17H16ClFN2O3/c1-23-15-10-14(16(24-2)9-12(15)18)21-17(22)20-8-7-11-5-3-4-6-13(11)19/h3-10H,1-2H3,(H2,20,21,22)/b8-7+. The van der Waals surface area contributed by atoms with Gasteiger partial charge in [0.2, 0.25) is 0 Å². The van der Waals surface area contributed by atoms with E-state index in [1.165, 1.54) is 38.6 Å². The lowest BCUT2D eigenvalue weighted by molar-refractivity contribution is 0.255. The van der Waals surface area contributed by atoms with E-state index in [4.69, 9.17) is 21.1 Å². The molecule has 7 heteroatoms. The summed E-state index contributed by atoms with van der Waals surface area (Å²) in [5.41, 5.74) is 0.749. The summed E-state index contributed by atoms with van der Waals surface area (Å²) in [5, 5.41) is 5.45. The van der Waals surface area contributed by atoms with Gasteiger partial charge in [-0.1, -0.05) is 29.8 Å². The maximum absolute atomic E-state index is 13.5. The number of rotatable bonds is 5. The first-order valence-electron chi connectivity index (χ1n) is 6.95. The van der Waals surface area contributed by atoms with E-state index in [0.29, 0.717) is 27.8 Å². The Kier molecular flexibility index (Phi) is 6.03. The van der Waals surface area contributed by atoms with Gasteiger partial charge < -0.3 is 20.1 Å². The van der Waals surface area contributed by atoms with Gasteiger partial charge in [-0.2, -0.15) is 0 Å². The molecule has 0 atom stereocenters. The molecular formula is C17H16ClFN2O3. The van der Waals surface area contributed by atoms with E-state index in [-0.39, 0.29) is 5.82 Å². The van der Waals surface area contributed by atoms with Crippen LogP contribution in [0.3, 0.4) is 0 Å². The molecule has 0 saturated heterocycles. The third-order valence-corrected chi connectivity index (χ3v) is 3.40. The van der Waals surface area contributed by atoms with Gasteiger partial charge >= 0.3 is 6.03 Å². The van der Waals surface area contributed by atoms with E-state index in [0.717, 1.165) is 0 Å². The van der Waals surface area contributed by atoms with Gasteiger partial charge in [0.1, 0.15) is 17.3 Å². The predicted molar refractivity (Wildman–Crippen MR) is 92.1 cm³/mol. The third kappa shape index (κ3) is 4.39. The van der Waals surface area contributed by atoms with Gasteiger partial charge in [-0.15, -0.1) is 0 Å². The first-order valence-corrected chi connectivity index (χ1v) is 7.33. The molecule has 0 radical (unpaired) electrons. The molecular weight excluding hydrogens is 335 g/mol. The summed E-state index contributed by atoms with van der Waals surface area (Å²) in [7, 11) is 2.92. The van der Waals surface area contributed by atoms with Crippen molar-refractivity contribution >= 4 is 29.4 Å². The molecule has 0 aromatic heterocycles. The molecule has 0 saturated carbocycles. The molecule has 0 aliphatic carbocycles. The highest BCUT2D eigenvalue weighted by Crippen LogP contribution is 2.35. The number of anilines is 1. The molecule has 0 spiro atoms. The fourth-order valence-electron chi connectivity index (χ4n) is 1.93. The van der Waals surface area contributed by atoms with Crippen molar-refractivity contribution in [3.05, 3.63) is 59.0 Å². The number of halogens is 2. The van der Waals surface area contributed by atoms with Crippen LogP contribution in [-0.2, 0) is 0 Å². The summed E-state index contributed by atoms with van der Waals surface area (Å²) in [6.07, 6.45) is 2.79. The van der Waals surface area contributed by atoms with Crippen molar-refractivity contribution in [2.24, 2.45) is 0 Å². The minimum atomic E-state index is -0.523. The minimum absolute atomic E-state index is 0.361. The number of nitrogens with one attached hydrogen (secondary N) is 2. The van der Waals surface area contributed by atoms with Crippen molar-refractivity contribution in [3.8, 4) is 11.5 Å². The number of amides is 2. The Morgan fingerprint density at radius 2 is 1.88 bits per heavy atom. The van der Waals surface area contributed by atoms with Gasteiger partial charge in [0, 0.05) is 23.9 Å². The quantitative estimate of drug-likeness (QED) is 0.845. The Labute approximate surface area is 144 Å². The average Bonchev–Trinajstić information content (AvgIpc) is 2.57. The van der Waals surface area contributed by atoms with E-state index < -0.39 is 6.03 Å². The van der Waals surface area contributed by atoms with Crippen LogP contribution in [0.4, 0.5) is 14.9 Å². The van der Waals surface area contributed by atoms with Crippen LogP contribution in [-0.4, -0.2) is 20.3 Å². The number of hydrogen-bond donors (Lipinski definition) is 2. The molecule has 0 aliphatic rings. The molecule has 0 unspecified atom stereocenters. The normalized spacial score (nSPS) is 10.5. The smallest absolute Gasteiger partial charge is 0.323 e. The molecule has 2 N–H and O–H groups in total. The van der Waals surface area contributed by atoms with Gasteiger partial charge in [0.25, 0.3) is 0 Å². The van der Waals surface area contributed by atoms with E-state index in [2.05, 4.69) is 10.6 Å². The van der Waals surface area contributed by atoms with Gasteiger partial charge in [0.05, 0.1) is 24.9 Å². The van der Waals surface area contributed by atoms with Crippen molar-refractivity contribution in [1.82, 2.24) is 5.32 Å². The van der Waals surface area contributed by atoms with Gasteiger partial charge in [-0.25, -0.2) is 9.18 Å². The molecule has 0 heterocycles. The molecule has 2 aromatic rings. The van der Waals surface area contributed by atoms with Gasteiger partial charge in [-0.3, -0.25) is 0 Å². The van der Waals surface area contributed by atoms with Crippen LogP contribution in [0.15, 0.2) is 42.6 Å². The van der Waals surface area contributed by atoms with Gasteiger partial charge in [0.15, 0.2) is 0 Å². The van der Waals surface area contributed by atoms with Crippen LogP contribution in [0.1, 0.15) is 5.56 Å². The van der Waals surface area contributed by atoms with Crippen LogP contribution in [0.5, 0.6) is 11.5 Å². The Morgan fingerprint density at radius 3 is 2.54 bits per heavy atom. The number of urea groups is 1. The summed E-state index contributed by atoms with van der Waals surface area (Å²) in [5.74, 6) is 0.406. The molecule has 126 valence electrons. The lowest BCUT2D eigenvalue weighted by Crippen LogP contribution is -2.24. The molecule has 0 bridgehead atoms. The van der Waals surface area contributed by atoms with E-state index in [1.807, 2.05) is 0 Å². The van der Waals surface area contributed by atoms with Crippen molar-refractivity contribution in [3.63, 3.8) is 0 Å². The monoisotopic (exact) mass is 350 g/mol. The fraction of sp³-hybridized carbons (Fsp3) is 0.118. The number of benzene rings is 2. The minimum Gasteiger partial charge on any atom is -0.495 e. The van der Waals surface area contributed by atoms with Crippen molar-refractivity contribution in [1.29, 1.82) is 0 Å². The van der Waals surface area contributed by atoms with Crippen LogP contribution >= 0.6 is 11.6 Å². The lowest BCUT2D eigenvalue weighted by Gasteiger charge is -2.12. The number of carbonyl (C=O) groups is 1. The zero-order chi connectivity index (χ0) is 17.5. The molecule has 2 aromatic carbocycles. The van der Waals surface area contributed by atoms with E-state index in [9.17, 15) is 9.18 Å². The maximum Gasteiger partial charge on any atom is 0.323 e. The highest BCUT2D eigenvalue weighted by atomic mass is 35.5. The first kappa shape index (κ1) is 17.6.